The zero-order valence-electron chi connectivity index (χ0n) is 17.7. The second kappa shape index (κ2) is 9.13. The third-order valence-electron chi connectivity index (χ3n) is 5.71. The Kier molecular flexibility index (Phi) is 6.12. The molecule has 7 nitrogen and oxygen atoms in total. The van der Waals surface area contributed by atoms with E-state index in [1.165, 1.54) is 0 Å². The number of benzene rings is 1. The summed E-state index contributed by atoms with van der Waals surface area (Å²) >= 11 is 0. The number of likely N-dealkylation sites (N-methyl/N-ethyl adjacent to an activating group) is 1. The zero-order valence-corrected chi connectivity index (χ0v) is 17.7. The van der Waals surface area contributed by atoms with Gasteiger partial charge in [0, 0.05) is 49.9 Å². The van der Waals surface area contributed by atoms with Gasteiger partial charge in [-0.05, 0) is 49.5 Å². The molecule has 0 spiro atoms. The third kappa shape index (κ3) is 4.50. The molecule has 7 heteroatoms. The number of nitrogens with zero attached hydrogens (tertiary/aromatic N) is 5. The van der Waals surface area contributed by atoms with Gasteiger partial charge in [0.2, 0.25) is 5.91 Å². The van der Waals surface area contributed by atoms with Crippen molar-refractivity contribution in [3.63, 3.8) is 0 Å². The SMILES string of the molecule is CN(C)C/C=C/C(=O)N1C=CN2NC(c3ccc(C#N)cc3)C(c3ccncc3)C2C1. The van der Waals surface area contributed by atoms with Crippen molar-refractivity contribution in [1.82, 2.24) is 25.2 Å². The number of hydrogen-bond acceptors (Lipinski definition) is 6. The summed E-state index contributed by atoms with van der Waals surface area (Å²) in [6.45, 7) is 1.30. The first-order valence-electron chi connectivity index (χ1n) is 10.3. The van der Waals surface area contributed by atoms with Gasteiger partial charge >= 0.3 is 0 Å². The van der Waals surface area contributed by atoms with Gasteiger partial charge in [-0.3, -0.25) is 9.78 Å². The summed E-state index contributed by atoms with van der Waals surface area (Å²) in [6.07, 6.45) is 10.9. The molecule has 1 amide bonds. The number of hydrogen-bond donors (Lipinski definition) is 1. The number of fused-ring (bicyclic) bond motifs is 1. The van der Waals surface area contributed by atoms with Crippen LogP contribution in [0.2, 0.25) is 0 Å². The molecule has 0 radical (unpaired) electrons. The molecule has 0 saturated carbocycles. The molecular formula is C24H26N6O. The molecule has 0 aliphatic carbocycles. The summed E-state index contributed by atoms with van der Waals surface area (Å²) in [6, 6.07) is 14.0. The highest BCUT2D eigenvalue weighted by Gasteiger charge is 2.44. The lowest BCUT2D eigenvalue weighted by molar-refractivity contribution is -0.124. The predicted octanol–water partition coefficient (Wildman–Crippen LogP) is 2.40. The van der Waals surface area contributed by atoms with Gasteiger partial charge in [0.1, 0.15) is 0 Å². The second-order valence-electron chi connectivity index (χ2n) is 8.07. The molecule has 1 saturated heterocycles. The van der Waals surface area contributed by atoms with E-state index in [0.717, 1.165) is 17.7 Å². The van der Waals surface area contributed by atoms with Gasteiger partial charge in [0.15, 0.2) is 0 Å². The van der Waals surface area contributed by atoms with Gasteiger partial charge in [0.05, 0.1) is 23.7 Å². The molecule has 31 heavy (non-hydrogen) atoms. The van der Waals surface area contributed by atoms with E-state index >= 15 is 0 Å². The van der Waals surface area contributed by atoms with Crippen LogP contribution in [0.5, 0.6) is 0 Å². The Bertz CT molecular complexity index is 1010. The molecule has 2 aromatic rings. The number of aromatic nitrogens is 1. The van der Waals surface area contributed by atoms with Gasteiger partial charge < -0.3 is 14.8 Å². The monoisotopic (exact) mass is 414 g/mol. The lowest BCUT2D eigenvalue weighted by Crippen LogP contribution is -2.46. The summed E-state index contributed by atoms with van der Waals surface area (Å²) in [5.74, 6) is 0.0926. The number of amides is 1. The topological polar surface area (TPSA) is 75.5 Å². The van der Waals surface area contributed by atoms with Crippen molar-refractivity contribution in [2.24, 2.45) is 0 Å². The number of rotatable bonds is 5. The number of pyridine rings is 1. The number of carbonyl (C=O) groups excluding carboxylic acids is 1. The van der Waals surface area contributed by atoms with Crippen molar-refractivity contribution in [3.8, 4) is 6.07 Å². The maximum Gasteiger partial charge on any atom is 0.250 e. The van der Waals surface area contributed by atoms with Crippen LogP contribution in [0.25, 0.3) is 0 Å². The Balaban J connectivity index is 1.61. The fourth-order valence-electron chi connectivity index (χ4n) is 4.17. The summed E-state index contributed by atoms with van der Waals surface area (Å²) in [4.78, 5) is 20.7. The van der Waals surface area contributed by atoms with E-state index in [0.29, 0.717) is 12.1 Å². The van der Waals surface area contributed by atoms with E-state index in [1.54, 1.807) is 23.4 Å². The van der Waals surface area contributed by atoms with Crippen LogP contribution < -0.4 is 5.43 Å². The Hall–Kier alpha value is -3.47. The van der Waals surface area contributed by atoms with Crippen molar-refractivity contribution >= 4 is 5.91 Å². The lowest BCUT2D eigenvalue weighted by atomic mass is 9.83. The molecular weight excluding hydrogens is 388 g/mol. The van der Waals surface area contributed by atoms with Crippen molar-refractivity contribution in [2.75, 3.05) is 27.2 Å². The molecule has 3 atom stereocenters. The van der Waals surface area contributed by atoms with Crippen molar-refractivity contribution < 1.29 is 4.79 Å². The van der Waals surface area contributed by atoms with Gasteiger partial charge in [-0.2, -0.15) is 5.26 Å². The van der Waals surface area contributed by atoms with Crippen molar-refractivity contribution in [3.05, 3.63) is 90.0 Å². The van der Waals surface area contributed by atoms with E-state index in [9.17, 15) is 4.79 Å². The average Bonchev–Trinajstić information content (AvgIpc) is 3.18. The van der Waals surface area contributed by atoms with Crippen LogP contribution in [0.3, 0.4) is 0 Å². The van der Waals surface area contributed by atoms with Crippen LogP contribution in [0, 0.1) is 11.3 Å². The van der Waals surface area contributed by atoms with Gasteiger partial charge in [0.25, 0.3) is 0 Å². The number of nitrogens with one attached hydrogen (secondary N) is 1. The summed E-state index contributed by atoms with van der Waals surface area (Å²) in [7, 11) is 3.95. The smallest absolute Gasteiger partial charge is 0.250 e. The van der Waals surface area contributed by atoms with Gasteiger partial charge in [-0.1, -0.05) is 18.2 Å². The maximum absolute atomic E-state index is 12.7. The molecule has 1 fully saturated rings. The van der Waals surface area contributed by atoms with Crippen molar-refractivity contribution in [2.45, 2.75) is 18.0 Å². The highest BCUT2D eigenvalue weighted by Crippen LogP contribution is 2.42. The normalized spacial score (nSPS) is 22.7. The summed E-state index contributed by atoms with van der Waals surface area (Å²) < 4.78 is 0. The van der Waals surface area contributed by atoms with Crippen LogP contribution >= 0.6 is 0 Å². The average molecular weight is 415 g/mol. The molecule has 4 rings (SSSR count). The minimum atomic E-state index is -0.0203. The van der Waals surface area contributed by atoms with E-state index in [-0.39, 0.29) is 23.9 Å². The van der Waals surface area contributed by atoms with E-state index in [1.807, 2.05) is 73.9 Å². The second-order valence-corrected chi connectivity index (χ2v) is 8.07. The molecule has 3 heterocycles. The Labute approximate surface area is 182 Å². The van der Waals surface area contributed by atoms with Crippen LogP contribution in [0.1, 0.15) is 28.7 Å². The molecule has 2 aliphatic rings. The third-order valence-corrected chi connectivity index (χ3v) is 5.71. The Morgan fingerprint density at radius 2 is 1.94 bits per heavy atom. The lowest BCUT2D eigenvalue weighted by Gasteiger charge is -2.34. The number of carbonyl (C=O) groups is 1. The van der Waals surface area contributed by atoms with E-state index < -0.39 is 0 Å². The first-order chi connectivity index (χ1) is 15.1. The van der Waals surface area contributed by atoms with Crippen LogP contribution in [-0.4, -0.2) is 58.9 Å². The number of hydrazine groups is 1. The van der Waals surface area contributed by atoms with Gasteiger partial charge in [-0.15, -0.1) is 0 Å². The van der Waals surface area contributed by atoms with Crippen molar-refractivity contribution in [1.29, 1.82) is 5.26 Å². The zero-order chi connectivity index (χ0) is 21.8. The molecule has 1 aromatic heterocycles. The Morgan fingerprint density at radius 1 is 1.19 bits per heavy atom. The fraction of sp³-hybridized carbons (Fsp3) is 0.292. The van der Waals surface area contributed by atoms with Crippen LogP contribution in [-0.2, 0) is 4.79 Å². The number of nitriles is 1. The molecule has 158 valence electrons. The molecule has 3 unspecified atom stereocenters. The summed E-state index contributed by atoms with van der Waals surface area (Å²) in [5, 5.41) is 11.2. The minimum Gasteiger partial charge on any atom is -0.312 e. The van der Waals surface area contributed by atoms with Crippen LogP contribution in [0.15, 0.2) is 73.3 Å². The molecule has 0 bridgehead atoms. The van der Waals surface area contributed by atoms with Crippen LogP contribution in [0.4, 0.5) is 0 Å². The van der Waals surface area contributed by atoms with E-state index in [2.05, 4.69) is 21.5 Å². The summed E-state index contributed by atoms with van der Waals surface area (Å²) in [5.41, 5.74) is 6.50. The quantitative estimate of drug-likeness (QED) is 0.758. The maximum atomic E-state index is 12.7. The highest BCUT2D eigenvalue weighted by molar-refractivity contribution is 5.88. The molecule has 2 aliphatic heterocycles. The highest BCUT2D eigenvalue weighted by atomic mass is 16.2. The Morgan fingerprint density at radius 3 is 2.61 bits per heavy atom. The van der Waals surface area contributed by atoms with E-state index in [4.69, 9.17) is 5.26 Å². The molecule has 1 N–H and O–H groups in total. The minimum absolute atomic E-state index is 0.0177. The first-order valence-corrected chi connectivity index (χ1v) is 10.3. The fourth-order valence-corrected chi connectivity index (χ4v) is 4.17. The molecule has 1 aromatic carbocycles. The predicted molar refractivity (Wildman–Crippen MR) is 118 cm³/mol. The van der Waals surface area contributed by atoms with Gasteiger partial charge in [-0.25, -0.2) is 5.43 Å². The standard InChI is InChI=1S/C24H26N6O/c1-28(2)13-3-4-22(31)29-14-15-30-21(17-29)23(19-9-11-26-12-10-19)24(27-30)20-7-5-18(16-25)6-8-20/h3-12,14-15,21,23-24,27H,13,17H2,1-2H3/b4-3+. The largest absolute Gasteiger partial charge is 0.312 e. The first kappa shape index (κ1) is 20.8.